The normalized spacial score (nSPS) is 10.2. The summed E-state index contributed by atoms with van der Waals surface area (Å²) < 4.78 is 17.3. The summed E-state index contributed by atoms with van der Waals surface area (Å²) in [7, 11) is 0. The maximum Gasteiger partial charge on any atom is 0.459 e. The highest BCUT2D eigenvalue weighted by molar-refractivity contribution is 5.52. The minimum absolute atomic E-state index is 0.0319. The molecule has 0 spiro atoms. The number of aromatic nitrogens is 2. The van der Waals surface area contributed by atoms with Gasteiger partial charge in [0.15, 0.2) is 0 Å². The van der Waals surface area contributed by atoms with Crippen LogP contribution in [0.4, 0.5) is 4.39 Å². The van der Waals surface area contributed by atoms with E-state index < -0.39 is 11.9 Å². The van der Waals surface area contributed by atoms with Gasteiger partial charge in [0.25, 0.3) is 5.89 Å². The third-order valence-electron chi connectivity index (χ3n) is 1.48. The lowest BCUT2D eigenvalue weighted by atomic mass is 10.2. The van der Waals surface area contributed by atoms with Crippen molar-refractivity contribution in [1.82, 2.24) is 10.2 Å². The molecule has 0 atom stereocenters. The quantitative estimate of drug-likeness (QED) is 0.672. The SMILES string of the molecule is [O]c1nnc(-c2cccc(F)c2)o1. The van der Waals surface area contributed by atoms with Crippen LogP contribution in [0.15, 0.2) is 28.7 Å². The van der Waals surface area contributed by atoms with E-state index in [0.29, 0.717) is 5.56 Å². The molecule has 0 saturated carbocycles. The Balaban J connectivity index is 2.46. The van der Waals surface area contributed by atoms with Crippen molar-refractivity contribution in [3.63, 3.8) is 0 Å². The van der Waals surface area contributed by atoms with Crippen molar-refractivity contribution < 1.29 is 13.9 Å². The van der Waals surface area contributed by atoms with Crippen molar-refractivity contribution in [2.75, 3.05) is 0 Å². The molecule has 0 saturated heterocycles. The number of nitrogens with zero attached hydrogens (tertiary/aromatic N) is 2. The molecular weight excluding hydrogens is 175 g/mol. The highest BCUT2D eigenvalue weighted by atomic mass is 19.1. The summed E-state index contributed by atoms with van der Waals surface area (Å²) >= 11 is 0. The fraction of sp³-hybridized carbons (Fsp3) is 0. The van der Waals surface area contributed by atoms with Crippen molar-refractivity contribution >= 4 is 0 Å². The highest BCUT2D eigenvalue weighted by Crippen LogP contribution is 2.20. The standard InChI is InChI=1S/C8H4FN2O2/c9-6-3-1-2-5(4-6)7-10-11-8(12)13-7/h1-4H. The molecule has 1 aromatic carbocycles. The van der Waals surface area contributed by atoms with Crippen molar-refractivity contribution in [1.29, 1.82) is 0 Å². The Bertz CT molecular complexity index is 428. The second kappa shape index (κ2) is 2.85. The second-order valence-corrected chi connectivity index (χ2v) is 2.38. The summed E-state index contributed by atoms with van der Waals surface area (Å²) in [6.45, 7) is 0. The van der Waals surface area contributed by atoms with E-state index in [-0.39, 0.29) is 5.89 Å². The van der Waals surface area contributed by atoms with E-state index in [9.17, 15) is 9.50 Å². The lowest BCUT2D eigenvalue weighted by molar-refractivity contribution is 0.239. The zero-order chi connectivity index (χ0) is 9.26. The Morgan fingerprint density at radius 1 is 1.31 bits per heavy atom. The molecule has 0 unspecified atom stereocenters. The molecule has 0 amide bonds. The van der Waals surface area contributed by atoms with E-state index in [1.807, 2.05) is 0 Å². The number of benzene rings is 1. The lowest BCUT2D eigenvalue weighted by Gasteiger charge is -1.92. The largest absolute Gasteiger partial charge is 0.459 e. The molecule has 0 aliphatic heterocycles. The third kappa shape index (κ3) is 1.48. The first-order valence-corrected chi connectivity index (χ1v) is 3.52. The summed E-state index contributed by atoms with van der Waals surface area (Å²) in [6.07, 6.45) is -0.778. The molecule has 0 aliphatic carbocycles. The van der Waals surface area contributed by atoms with Gasteiger partial charge in [-0.05, 0) is 18.2 Å². The van der Waals surface area contributed by atoms with Crippen LogP contribution in [0.1, 0.15) is 0 Å². The summed E-state index contributed by atoms with van der Waals surface area (Å²) in [6, 6.07) is 5.58. The number of hydrogen-bond donors (Lipinski definition) is 0. The van der Waals surface area contributed by atoms with Gasteiger partial charge in [-0.25, -0.2) is 9.50 Å². The van der Waals surface area contributed by atoms with Crippen LogP contribution < -0.4 is 0 Å². The molecule has 1 heterocycles. The molecule has 0 N–H and O–H groups in total. The number of rotatable bonds is 1. The Morgan fingerprint density at radius 2 is 2.15 bits per heavy atom. The van der Waals surface area contributed by atoms with Gasteiger partial charge in [-0.2, -0.15) is 0 Å². The summed E-state index contributed by atoms with van der Waals surface area (Å²) in [5.41, 5.74) is 0.398. The third-order valence-corrected chi connectivity index (χ3v) is 1.48. The molecule has 2 rings (SSSR count). The van der Waals surface area contributed by atoms with E-state index in [1.165, 1.54) is 18.2 Å². The molecule has 1 aromatic heterocycles. The van der Waals surface area contributed by atoms with Gasteiger partial charge in [0.1, 0.15) is 5.82 Å². The van der Waals surface area contributed by atoms with E-state index in [1.54, 1.807) is 6.07 Å². The summed E-state index contributed by atoms with van der Waals surface area (Å²) in [4.78, 5) is 0. The van der Waals surface area contributed by atoms with Crippen molar-refractivity contribution in [2.45, 2.75) is 0 Å². The van der Waals surface area contributed by atoms with Gasteiger partial charge in [-0.15, -0.1) is 5.10 Å². The van der Waals surface area contributed by atoms with Gasteiger partial charge in [0.2, 0.25) is 0 Å². The Kier molecular flexibility index (Phi) is 1.70. The van der Waals surface area contributed by atoms with Crippen molar-refractivity contribution in [3.05, 3.63) is 30.1 Å². The first kappa shape index (κ1) is 7.72. The molecular formula is C8H4FN2O2. The zero-order valence-corrected chi connectivity index (χ0v) is 6.40. The van der Waals surface area contributed by atoms with Gasteiger partial charge < -0.3 is 4.42 Å². The number of hydrogen-bond acceptors (Lipinski definition) is 3. The molecule has 13 heavy (non-hydrogen) atoms. The van der Waals surface area contributed by atoms with Crippen LogP contribution in [0.3, 0.4) is 0 Å². The average molecular weight is 179 g/mol. The van der Waals surface area contributed by atoms with Gasteiger partial charge in [0.05, 0.1) is 0 Å². The van der Waals surface area contributed by atoms with E-state index >= 15 is 0 Å². The van der Waals surface area contributed by atoms with Crippen molar-refractivity contribution in [3.8, 4) is 17.5 Å². The molecule has 2 aromatic rings. The predicted octanol–water partition coefficient (Wildman–Crippen LogP) is 2.02. The fourth-order valence-corrected chi connectivity index (χ4v) is 0.948. The van der Waals surface area contributed by atoms with Gasteiger partial charge in [-0.1, -0.05) is 11.2 Å². The van der Waals surface area contributed by atoms with Crippen LogP contribution in [0, 0.1) is 5.82 Å². The maximum absolute atomic E-state index is 12.7. The monoisotopic (exact) mass is 179 g/mol. The molecule has 0 aliphatic rings. The van der Waals surface area contributed by atoms with Crippen LogP contribution in [-0.2, 0) is 5.11 Å². The van der Waals surface area contributed by atoms with Crippen LogP contribution >= 0.6 is 0 Å². The van der Waals surface area contributed by atoms with Gasteiger partial charge in [-0.3, -0.25) is 0 Å². The van der Waals surface area contributed by atoms with Crippen molar-refractivity contribution in [2.24, 2.45) is 0 Å². The van der Waals surface area contributed by atoms with Gasteiger partial charge in [0, 0.05) is 5.56 Å². The Morgan fingerprint density at radius 3 is 2.77 bits per heavy atom. The van der Waals surface area contributed by atoms with Crippen LogP contribution in [-0.4, -0.2) is 10.2 Å². The summed E-state index contributed by atoms with van der Waals surface area (Å²) in [5, 5.41) is 17.1. The lowest BCUT2D eigenvalue weighted by Crippen LogP contribution is -1.79. The molecule has 4 nitrogen and oxygen atoms in total. The molecule has 0 bridgehead atoms. The van der Waals surface area contributed by atoms with Gasteiger partial charge >= 0.3 is 6.08 Å². The minimum atomic E-state index is -0.778. The summed E-state index contributed by atoms with van der Waals surface area (Å²) in [5.74, 6) is -0.382. The smallest absolute Gasteiger partial charge is 0.386 e. The first-order chi connectivity index (χ1) is 6.25. The molecule has 5 heteroatoms. The highest BCUT2D eigenvalue weighted by Gasteiger charge is 2.08. The predicted molar refractivity (Wildman–Crippen MR) is 39.8 cm³/mol. The van der Waals surface area contributed by atoms with Crippen LogP contribution in [0.5, 0.6) is 6.08 Å². The zero-order valence-electron chi connectivity index (χ0n) is 6.40. The number of halogens is 1. The second-order valence-electron chi connectivity index (χ2n) is 2.38. The maximum atomic E-state index is 12.7. The van der Waals surface area contributed by atoms with Crippen LogP contribution in [0.25, 0.3) is 11.5 Å². The van der Waals surface area contributed by atoms with E-state index in [4.69, 9.17) is 0 Å². The molecule has 0 fully saturated rings. The molecule has 1 radical (unpaired) electrons. The molecule has 65 valence electrons. The average Bonchev–Trinajstić information content (AvgIpc) is 2.52. The van der Waals surface area contributed by atoms with E-state index in [2.05, 4.69) is 14.6 Å². The topological polar surface area (TPSA) is 58.8 Å². The van der Waals surface area contributed by atoms with E-state index in [0.717, 1.165) is 0 Å². The first-order valence-electron chi connectivity index (χ1n) is 3.52. The van der Waals surface area contributed by atoms with Crippen LogP contribution in [0.2, 0.25) is 0 Å². The Labute approximate surface area is 72.7 Å². The Hall–Kier alpha value is -1.91. The fourth-order valence-electron chi connectivity index (χ4n) is 0.948. The minimum Gasteiger partial charge on any atom is -0.386 e.